The lowest BCUT2D eigenvalue weighted by Crippen LogP contribution is -2.43. The fourth-order valence-electron chi connectivity index (χ4n) is 3.31. The molecule has 7 nitrogen and oxygen atoms in total. The molecule has 2 aromatic carbocycles. The van der Waals surface area contributed by atoms with Gasteiger partial charge in [0.2, 0.25) is 10.0 Å². The number of ether oxygens (including phenoxy) is 2. The minimum absolute atomic E-state index is 0.0642. The van der Waals surface area contributed by atoms with E-state index in [4.69, 9.17) is 9.47 Å². The number of sulfonamides is 1. The van der Waals surface area contributed by atoms with Crippen LogP contribution in [0.4, 0.5) is 13.2 Å². The van der Waals surface area contributed by atoms with Crippen molar-refractivity contribution in [2.45, 2.75) is 30.6 Å². The SMILES string of the molecule is COc1ccc(CNS(=O)(=O)c2ccc3c(c2)CN(C(=O)C(F)(F)F)CC3)c(OC)c1. The number of hydrogen-bond donors (Lipinski definition) is 1. The first-order chi connectivity index (χ1) is 14.5. The van der Waals surface area contributed by atoms with Gasteiger partial charge in [0.05, 0.1) is 19.1 Å². The molecule has 11 heteroatoms. The average molecular weight is 458 g/mol. The zero-order chi connectivity index (χ0) is 22.8. The van der Waals surface area contributed by atoms with Crippen molar-refractivity contribution >= 4 is 15.9 Å². The van der Waals surface area contributed by atoms with Crippen molar-refractivity contribution in [3.8, 4) is 11.5 Å². The van der Waals surface area contributed by atoms with Crippen LogP contribution in [-0.4, -0.2) is 46.2 Å². The summed E-state index contributed by atoms with van der Waals surface area (Å²) in [5.41, 5.74) is 1.66. The fourth-order valence-corrected chi connectivity index (χ4v) is 4.36. The number of benzene rings is 2. The highest BCUT2D eigenvalue weighted by atomic mass is 32.2. The van der Waals surface area contributed by atoms with Crippen molar-refractivity contribution in [2.24, 2.45) is 0 Å². The van der Waals surface area contributed by atoms with Gasteiger partial charge in [0.15, 0.2) is 0 Å². The number of nitrogens with zero attached hydrogens (tertiary/aromatic N) is 1. The van der Waals surface area contributed by atoms with Crippen molar-refractivity contribution in [2.75, 3.05) is 20.8 Å². The number of alkyl halides is 3. The Balaban J connectivity index is 1.78. The second-order valence-corrected chi connectivity index (χ2v) is 8.67. The van der Waals surface area contributed by atoms with Crippen LogP contribution in [0.15, 0.2) is 41.3 Å². The summed E-state index contributed by atoms with van der Waals surface area (Å²) in [5, 5.41) is 0. The number of fused-ring (bicyclic) bond motifs is 1. The van der Waals surface area contributed by atoms with Gasteiger partial charge in [-0.1, -0.05) is 12.1 Å². The van der Waals surface area contributed by atoms with Crippen LogP contribution in [0.3, 0.4) is 0 Å². The topological polar surface area (TPSA) is 84.9 Å². The zero-order valence-electron chi connectivity index (χ0n) is 16.8. The Bertz CT molecular complexity index is 1090. The highest BCUT2D eigenvalue weighted by Gasteiger charge is 2.43. The summed E-state index contributed by atoms with van der Waals surface area (Å²) in [6.45, 7) is -0.443. The van der Waals surface area contributed by atoms with Gasteiger partial charge in [0.25, 0.3) is 0 Å². The highest BCUT2D eigenvalue weighted by molar-refractivity contribution is 7.89. The summed E-state index contributed by atoms with van der Waals surface area (Å²) < 4.78 is 76.5. The molecule has 2 aromatic rings. The molecular formula is C20H21F3N2O5S. The van der Waals surface area contributed by atoms with E-state index in [0.717, 1.165) is 0 Å². The van der Waals surface area contributed by atoms with E-state index >= 15 is 0 Å². The molecule has 1 aliphatic rings. The van der Waals surface area contributed by atoms with E-state index < -0.39 is 22.1 Å². The molecule has 3 rings (SSSR count). The van der Waals surface area contributed by atoms with Crippen LogP contribution in [0.1, 0.15) is 16.7 Å². The third-order valence-electron chi connectivity index (χ3n) is 4.98. The molecule has 0 aromatic heterocycles. The van der Waals surface area contributed by atoms with Crippen molar-refractivity contribution in [1.29, 1.82) is 0 Å². The molecule has 0 atom stereocenters. The van der Waals surface area contributed by atoms with E-state index in [0.29, 0.717) is 33.1 Å². The predicted molar refractivity (Wildman–Crippen MR) is 105 cm³/mol. The number of amides is 1. The molecule has 0 spiro atoms. The van der Waals surface area contributed by atoms with Crippen molar-refractivity contribution < 1.29 is 35.9 Å². The van der Waals surface area contributed by atoms with Crippen LogP contribution < -0.4 is 14.2 Å². The number of rotatable bonds is 6. The Labute approximate surface area is 177 Å². The molecule has 0 aliphatic carbocycles. The van der Waals surface area contributed by atoms with Gasteiger partial charge in [-0.3, -0.25) is 4.79 Å². The minimum Gasteiger partial charge on any atom is -0.497 e. The van der Waals surface area contributed by atoms with Gasteiger partial charge in [-0.15, -0.1) is 0 Å². The molecule has 0 bridgehead atoms. The van der Waals surface area contributed by atoms with E-state index in [-0.39, 0.29) is 31.0 Å². The first kappa shape index (κ1) is 22.9. The number of methoxy groups -OCH3 is 2. The summed E-state index contributed by atoms with van der Waals surface area (Å²) in [4.78, 5) is 12.1. The molecule has 31 heavy (non-hydrogen) atoms. The van der Waals surface area contributed by atoms with Crippen LogP contribution in [0.25, 0.3) is 0 Å². The summed E-state index contributed by atoms with van der Waals surface area (Å²) in [6, 6.07) is 9.21. The number of halogens is 3. The number of nitrogens with one attached hydrogen (secondary N) is 1. The maximum Gasteiger partial charge on any atom is 0.471 e. The van der Waals surface area contributed by atoms with Crippen molar-refractivity contribution in [1.82, 2.24) is 9.62 Å². The molecule has 1 heterocycles. The molecule has 0 radical (unpaired) electrons. The standard InChI is InChI=1S/C20H21F3N2O5S/c1-29-16-5-3-14(18(10-16)30-2)11-24-31(27,28)17-6-4-13-7-8-25(12-15(13)9-17)19(26)20(21,22)23/h3-6,9-10,24H,7-8,11-12H2,1-2H3. The Hall–Kier alpha value is -2.79. The van der Waals surface area contributed by atoms with Crippen LogP contribution in [0, 0.1) is 0 Å². The first-order valence-electron chi connectivity index (χ1n) is 9.23. The van der Waals surface area contributed by atoms with Crippen LogP contribution >= 0.6 is 0 Å². The zero-order valence-corrected chi connectivity index (χ0v) is 17.6. The van der Waals surface area contributed by atoms with Crippen LogP contribution in [0.5, 0.6) is 11.5 Å². The molecular weight excluding hydrogens is 437 g/mol. The van der Waals surface area contributed by atoms with E-state index in [1.165, 1.54) is 26.4 Å². The summed E-state index contributed by atoms with van der Waals surface area (Å²) in [7, 11) is -1.02. The smallest absolute Gasteiger partial charge is 0.471 e. The molecule has 1 aliphatic heterocycles. The molecule has 0 saturated carbocycles. The molecule has 0 saturated heterocycles. The maximum absolute atomic E-state index is 12.8. The monoisotopic (exact) mass is 458 g/mol. The second-order valence-electron chi connectivity index (χ2n) is 6.91. The highest BCUT2D eigenvalue weighted by Crippen LogP contribution is 2.28. The largest absolute Gasteiger partial charge is 0.497 e. The Morgan fingerprint density at radius 3 is 2.48 bits per heavy atom. The molecule has 168 valence electrons. The summed E-state index contributed by atoms with van der Waals surface area (Å²) in [5.74, 6) is -0.943. The van der Waals surface area contributed by atoms with Gasteiger partial charge in [-0.05, 0) is 35.7 Å². The maximum atomic E-state index is 12.8. The van der Waals surface area contributed by atoms with Crippen LogP contribution in [0.2, 0.25) is 0 Å². The average Bonchev–Trinajstić information content (AvgIpc) is 2.75. The Kier molecular flexibility index (Phi) is 6.46. The number of carbonyl (C=O) groups excluding carboxylic acids is 1. The lowest BCUT2D eigenvalue weighted by Gasteiger charge is -2.29. The molecule has 0 fully saturated rings. The lowest BCUT2D eigenvalue weighted by atomic mass is 10.00. The van der Waals surface area contributed by atoms with Gasteiger partial charge >= 0.3 is 12.1 Å². The third kappa shape index (κ3) is 5.10. The minimum atomic E-state index is -4.97. The quantitative estimate of drug-likeness (QED) is 0.720. The van der Waals surface area contributed by atoms with Crippen molar-refractivity contribution in [3.05, 3.63) is 53.1 Å². The normalized spacial score (nSPS) is 14.2. The Morgan fingerprint density at radius 2 is 1.84 bits per heavy atom. The summed E-state index contributed by atoms with van der Waals surface area (Å²) >= 11 is 0. The summed E-state index contributed by atoms with van der Waals surface area (Å²) in [6.07, 6.45) is -4.76. The number of hydrogen-bond acceptors (Lipinski definition) is 5. The van der Waals surface area contributed by atoms with Gasteiger partial charge in [-0.2, -0.15) is 13.2 Å². The second kappa shape index (κ2) is 8.75. The van der Waals surface area contributed by atoms with E-state index in [1.807, 2.05) is 0 Å². The number of carbonyl (C=O) groups is 1. The lowest BCUT2D eigenvalue weighted by molar-refractivity contribution is -0.186. The molecule has 0 unspecified atom stereocenters. The van der Waals surface area contributed by atoms with E-state index in [2.05, 4.69) is 4.72 Å². The Morgan fingerprint density at radius 1 is 1.10 bits per heavy atom. The van der Waals surface area contributed by atoms with Gasteiger partial charge < -0.3 is 14.4 Å². The van der Waals surface area contributed by atoms with Gasteiger partial charge in [0.1, 0.15) is 11.5 Å². The van der Waals surface area contributed by atoms with Crippen LogP contribution in [-0.2, 0) is 34.3 Å². The van der Waals surface area contributed by atoms with Crippen molar-refractivity contribution in [3.63, 3.8) is 0 Å². The van der Waals surface area contributed by atoms with E-state index in [9.17, 15) is 26.4 Å². The van der Waals surface area contributed by atoms with Gasteiger partial charge in [0, 0.05) is 31.3 Å². The first-order valence-corrected chi connectivity index (χ1v) is 10.7. The van der Waals surface area contributed by atoms with E-state index in [1.54, 1.807) is 24.3 Å². The molecule has 1 N–H and O–H groups in total. The van der Waals surface area contributed by atoms with Gasteiger partial charge in [-0.25, -0.2) is 13.1 Å². The fraction of sp³-hybridized carbons (Fsp3) is 0.350. The molecule has 1 amide bonds. The predicted octanol–water partition coefficient (Wildman–Crippen LogP) is 2.63. The third-order valence-corrected chi connectivity index (χ3v) is 6.38.